The number of rotatable bonds is 5. The van der Waals surface area contributed by atoms with Crippen LogP contribution in [0.2, 0.25) is 0 Å². The predicted molar refractivity (Wildman–Crippen MR) is 71.5 cm³/mol. The van der Waals surface area contributed by atoms with Gasteiger partial charge >= 0.3 is 0 Å². The summed E-state index contributed by atoms with van der Waals surface area (Å²) in [7, 11) is 2.02. The van der Waals surface area contributed by atoms with Crippen LogP contribution in [0.4, 0.5) is 5.69 Å². The van der Waals surface area contributed by atoms with Crippen molar-refractivity contribution in [1.29, 1.82) is 0 Å². The van der Waals surface area contributed by atoms with Crippen molar-refractivity contribution in [3.05, 3.63) is 18.2 Å². The number of hydrogen-bond donors (Lipinski definition) is 2. The Bertz CT molecular complexity index is 430. The first-order valence-electron chi connectivity index (χ1n) is 6.59. The minimum atomic E-state index is 0.460. The Hall–Kier alpha value is -1.42. The Kier molecular flexibility index (Phi) is 3.04. The van der Waals surface area contributed by atoms with Gasteiger partial charge in [0.05, 0.1) is 0 Å². The average Bonchev–Trinajstić information content (AvgIpc) is 3.17. The molecule has 0 unspecified atom stereocenters. The Labute approximate surface area is 108 Å². The van der Waals surface area contributed by atoms with Crippen LogP contribution in [-0.2, 0) is 0 Å². The number of ether oxygens (including phenoxy) is 2. The van der Waals surface area contributed by atoms with Crippen molar-refractivity contribution in [2.75, 3.05) is 38.7 Å². The third-order valence-electron chi connectivity index (χ3n) is 3.72. The zero-order valence-electron chi connectivity index (χ0n) is 10.8. The molecule has 0 atom stereocenters. The SMILES string of the molecule is CNCC1(CNc2ccc3c(c2)OCCO3)CC1. The molecule has 2 N–H and O–H groups in total. The number of benzene rings is 1. The van der Waals surface area contributed by atoms with E-state index in [0.717, 1.165) is 30.3 Å². The zero-order valence-corrected chi connectivity index (χ0v) is 10.8. The molecule has 4 nitrogen and oxygen atoms in total. The molecule has 1 saturated carbocycles. The standard InChI is InChI=1S/C14H20N2O2/c1-15-9-14(4-5-14)10-16-11-2-3-12-13(8-11)18-7-6-17-12/h2-3,8,15-16H,4-7,9-10H2,1H3. The van der Waals surface area contributed by atoms with Crippen LogP contribution in [-0.4, -0.2) is 33.4 Å². The van der Waals surface area contributed by atoms with Gasteiger partial charge in [-0.15, -0.1) is 0 Å². The van der Waals surface area contributed by atoms with Gasteiger partial charge in [0, 0.05) is 30.3 Å². The summed E-state index contributed by atoms with van der Waals surface area (Å²) in [6.07, 6.45) is 2.62. The maximum atomic E-state index is 5.58. The summed E-state index contributed by atoms with van der Waals surface area (Å²) in [6.45, 7) is 3.39. The van der Waals surface area contributed by atoms with Gasteiger partial charge in [0.1, 0.15) is 13.2 Å². The molecule has 1 aromatic rings. The van der Waals surface area contributed by atoms with Crippen molar-refractivity contribution < 1.29 is 9.47 Å². The van der Waals surface area contributed by atoms with Crippen LogP contribution in [0.15, 0.2) is 18.2 Å². The third kappa shape index (κ3) is 2.38. The molecule has 1 aromatic carbocycles. The largest absolute Gasteiger partial charge is 0.486 e. The van der Waals surface area contributed by atoms with E-state index >= 15 is 0 Å². The van der Waals surface area contributed by atoms with Crippen LogP contribution >= 0.6 is 0 Å². The maximum absolute atomic E-state index is 5.58. The molecule has 4 heteroatoms. The lowest BCUT2D eigenvalue weighted by atomic mass is 10.1. The van der Waals surface area contributed by atoms with E-state index in [1.807, 2.05) is 19.2 Å². The van der Waals surface area contributed by atoms with Gasteiger partial charge in [-0.3, -0.25) is 0 Å². The number of nitrogens with one attached hydrogen (secondary N) is 2. The van der Waals surface area contributed by atoms with E-state index in [0.29, 0.717) is 18.6 Å². The molecular weight excluding hydrogens is 228 g/mol. The highest BCUT2D eigenvalue weighted by atomic mass is 16.6. The van der Waals surface area contributed by atoms with Crippen molar-refractivity contribution >= 4 is 5.69 Å². The summed E-state index contributed by atoms with van der Waals surface area (Å²) in [5.74, 6) is 1.70. The van der Waals surface area contributed by atoms with E-state index in [9.17, 15) is 0 Å². The molecule has 0 bridgehead atoms. The first-order chi connectivity index (χ1) is 8.81. The summed E-state index contributed by atoms with van der Waals surface area (Å²) in [5.41, 5.74) is 1.57. The van der Waals surface area contributed by atoms with Gasteiger partial charge < -0.3 is 20.1 Å². The molecule has 0 amide bonds. The number of fused-ring (bicyclic) bond motifs is 1. The summed E-state index contributed by atoms with van der Waals surface area (Å²) in [5, 5.41) is 6.78. The number of hydrogen-bond acceptors (Lipinski definition) is 4. The molecule has 0 aromatic heterocycles. The minimum Gasteiger partial charge on any atom is -0.486 e. The van der Waals surface area contributed by atoms with Crippen LogP contribution in [0.25, 0.3) is 0 Å². The average molecular weight is 248 g/mol. The second kappa shape index (κ2) is 4.69. The first kappa shape index (κ1) is 11.7. The van der Waals surface area contributed by atoms with Crippen LogP contribution in [0.3, 0.4) is 0 Å². The highest BCUT2D eigenvalue weighted by Crippen LogP contribution is 2.45. The highest BCUT2D eigenvalue weighted by Gasteiger charge is 2.41. The fourth-order valence-electron chi connectivity index (χ4n) is 2.41. The van der Waals surface area contributed by atoms with Gasteiger partial charge in [0.15, 0.2) is 11.5 Å². The molecule has 18 heavy (non-hydrogen) atoms. The summed E-state index contributed by atoms with van der Waals surface area (Å²) >= 11 is 0. The third-order valence-corrected chi connectivity index (χ3v) is 3.72. The molecule has 0 saturated heterocycles. The lowest BCUT2D eigenvalue weighted by Gasteiger charge is -2.20. The Morgan fingerprint density at radius 2 is 1.89 bits per heavy atom. The summed E-state index contributed by atoms with van der Waals surface area (Å²) in [6, 6.07) is 6.07. The molecule has 1 fully saturated rings. The van der Waals surface area contributed by atoms with Crippen molar-refractivity contribution in [1.82, 2.24) is 5.32 Å². The van der Waals surface area contributed by atoms with Crippen molar-refractivity contribution in [2.45, 2.75) is 12.8 Å². The second-order valence-electron chi connectivity index (χ2n) is 5.24. The molecule has 0 radical (unpaired) electrons. The van der Waals surface area contributed by atoms with Gasteiger partial charge in [-0.05, 0) is 32.0 Å². The Morgan fingerprint density at radius 1 is 1.11 bits per heavy atom. The fraction of sp³-hybridized carbons (Fsp3) is 0.571. The van der Waals surface area contributed by atoms with Crippen molar-refractivity contribution in [3.63, 3.8) is 0 Å². The van der Waals surface area contributed by atoms with Gasteiger partial charge in [-0.2, -0.15) is 0 Å². The van der Waals surface area contributed by atoms with E-state index in [-0.39, 0.29) is 0 Å². The molecular formula is C14H20N2O2. The monoisotopic (exact) mass is 248 g/mol. The smallest absolute Gasteiger partial charge is 0.163 e. The quantitative estimate of drug-likeness (QED) is 0.835. The van der Waals surface area contributed by atoms with E-state index < -0.39 is 0 Å². The van der Waals surface area contributed by atoms with Crippen LogP contribution < -0.4 is 20.1 Å². The van der Waals surface area contributed by atoms with E-state index in [1.165, 1.54) is 12.8 Å². The minimum absolute atomic E-state index is 0.460. The molecule has 1 heterocycles. The first-order valence-corrected chi connectivity index (χ1v) is 6.59. The van der Waals surface area contributed by atoms with Crippen molar-refractivity contribution in [2.24, 2.45) is 5.41 Å². The van der Waals surface area contributed by atoms with Gasteiger partial charge in [0.2, 0.25) is 0 Å². The van der Waals surface area contributed by atoms with Gasteiger partial charge in [-0.1, -0.05) is 0 Å². The van der Waals surface area contributed by atoms with Gasteiger partial charge in [-0.25, -0.2) is 0 Å². The van der Waals surface area contributed by atoms with Crippen LogP contribution in [0.1, 0.15) is 12.8 Å². The van der Waals surface area contributed by atoms with Crippen LogP contribution in [0, 0.1) is 5.41 Å². The fourth-order valence-corrected chi connectivity index (χ4v) is 2.41. The lowest BCUT2D eigenvalue weighted by Crippen LogP contribution is -2.26. The Balaban J connectivity index is 1.63. The topological polar surface area (TPSA) is 42.5 Å². The molecule has 1 aliphatic carbocycles. The molecule has 0 spiro atoms. The molecule has 1 aliphatic heterocycles. The summed E-state index contributed by atoms with van der Waals surface area (Å²) in [4.78, 5) is 0. The number of anilines is 1. The van der Waals surface area contributed by atoms with Crippen molar-refractivity contribution in [3.8, 4) is 11.5 Å². The molecule has 2 aliphatic rings. The van der Waals surface area contributed by atoms with Crippen LogP contribution in [0.5, 0.6) is 11.5 Å². The normalized spacial score (nSPS) is 19.4. The highest BCUT2D eigenvalue weighted by molar-refractivity contribution is 5.55. The van der Waals surface area contributed by atoms with E-state index in [1.54, 1.807) is 0 Å². The van der Waals surface area contributed by atoms with E-state index in [2.05, 4.69) is 16.7 Å². The van der Waals surface area contributed by atoms with Gasteiger partial charge in [0.25, 0.3) is 0 Å². The maximum Gasteiger partial charge on any atom is 0.163 e. The zero-order chi connectivity index (χ0) is 12.4. The molecule has 3 rings (SSSR count). The Morgan fingerprint density at radius 3 is 2.61 bits per heavy atom. The predicted octanol–water partition coefficient (Wildman–Crippen LogP) is 1.87. The lowest BCUT2D eigenvalue weighted by molar-refractivity contribution is 0.171. The second-order valence-corrected chi connectivity index (χ2v) is 5.24. The molecule has 98 valence electrons. The van der Waals surface area contributed by atoms with E-state index in [4.69, 9.17) is 9.47 Å². The summed E-state index contributed by atoms with van der Waals surface area (Å²) < 4.78 is 11.1.